The number of hydrogen-bond donors (Lipinski definition) is 2. The van der Waals surface area contributed by atoms with E-state index in [1.165, 1.54) is 5.57 Å². The maximum absolute atomic E-state index is 5.64. The van der Waals surface area contributed by atoms with Crippen molar-refractivity contribution in [1.29, 1.82) is 0 Å². The summed E-state index contributed by atoms with van der Waals surface area (Å²) in [7, 11) is 0. The van der Waals surface area contributed by atoms with Crippen molar-refractivity contribution in [3.05, 3.63) is 59.7 Å². The molecule has 0 saturated heterocycles. The topological polar surface area (TPSA) is 40.0 Å². The Morgan fingerprint density at radius 3 is 2.56 bits per heavy atom. The number of nitrogens with two attached hydrogens (primary N) is 1. The maximum atomic E-state index is 5.64. The van der Waals surface area contributed by atoms with Crippen LogP contribution in [0.15, 0.2) is 54.1 Å². The zero-order valence-electron chi connectivity index (χ0n) is 11.1. The van der Waals surface area contributed by atoms with Crippen LogP contribution >= 0.6 is 0 Å². The molecule has 0 aliphatic rings. The number of hydrogen-bond acceptors (Lipinski definition) is 1. The third kappa shape index (κ3) is 5.85. The van der Waals surface area contributed by atoms with Crippen molar-refractivity contribution >= 4 is 18.0 Å². The highest BCUT2D eigenvalue weighted by atomic mass is 14.7. The van der Waals surface area contributed by atoms with Gasteiger partial charge in [-0.1, -0.05) is 42.0 Å². The number of benzene rings is 1. The molecule has 2 nitrogen and oxygen atoms in total. The molecule has 0 aliphatic carbocycles. The fraction of sp³-hybridized carbons (Fsp3) is 0.188. The van der Waals surface area contributed by atoms with Crippen molar-refractivity contribution in [2.24, 2.45) is 0 Å². The van der Waals surface area contributed by atoms with Crippen molar-refractivity contribution in [1.82, 2.24) is 0 Å². The van der Waals surface area contributed by atoms with Gasteiger partial charge in [-0.3, -0.25) is 0 Å². The zero-order valence-corrected chi connectivity index (χ0v) is 11.1. The summed E-state index contributed by atoms with van der Waals surface area (Å²) in [6.07, 6.45) is 12.1. The molecule has 0 spiro atoms. The summed E-state index contributed by atoms with van der Waals surface area (Å²) in [5, 5.41) is 0. The molecule has 0 heterocycles. The molecule has 2 heteroatoms. The minimum absolute atomic E-state index is 0.794. The van der Waals surface area contributed by atoms with Gasteiger partial charge in [0.25, 0.3) is 0 Å². The summed E-state index contributed by atoms with van der Waals surface area (Å²) in [6.45, 7) is 5.10. The fourth-order valence-electron chi connectivity index (χ4n) is 1.42. The number of anilines is 1. The van der Waals surface area contributed by atoms with Crippen molar-refractivity contribution in [2.45, 2.75) is 13.8 Å². The second-order valence-electron chi connectivity index (χ2n) is 4.02. The second kappa shape index (κ2) is 8.07. The average Bonchev–Trinajstić information content (AvgIpc) is 2.36. The van der Waals surface area contributed by atoms with Gasteiger partial charge in [0.2, 0.25) is 0 Å². The lowest BCUT2D eigenvalue weighted by atomic mass is 10.1. The first-order chi connectivity index (χ1) is 8.72. The lowest BCUT2D eigenvalue weighted by Gasteiger charge is -1.96. The summed E-state index contributed by atoms with van der Waals surface area (Å²) in [5.74, 6) is 0. The van der Waals surface area contributed by atoms with Gasteiger partial charge in [0.05, 0.1) is 0 Å². The fourth-order valence-corrected chi connectivity index (χ4v) is 1.42. The second-order valence-corrected chi connectivity index (χ2v) is 4.02. The van der Waals surface area contributed by atoms with Crippen LogP contribution in [0.4, 0.5) is 5.69 Å². The summed E-state index contributed by atoms with van der Waals surface area (Å²) in [5.41, 5.74) is 8.80. The van der Waals surface area contributed by atoms with E-state index in [4.69, 9.17) is 5.73 Å². The Morgan fingerprint density at radius 1 is 1.17 bits per heavy atom. The molecule has 0 fully saturated rings. The van der Waals surface area contributed by atoms with Gasteiger partial charge < -0.3 is 5.73 Å². The van der Waals surface area contributed by atoms with E-state index in [-0.39, 0.29) is 0 Å². The van der Waals surface area contributed by atoms with E-state index in [1.54, 1.807) is 0 Å². The van der Waals surface area contributed by atoms with Crippen LogP contribution in [0.5, 0.6) is 0 Å². The van der Waals surface area contributed by atoms with Crippen LogP contribution in [0, 0.1) is 0 Å². The highest BCUT2D eigenvalue weighted by Gasteiger charge is 1.88. The third-order valence-corrected chi connectivity index (χ3v) is 2.33. The molecule has 0 aromatic heterocycles. The van der Waals surface area contributed by atoms with Crippen LogP contribution < -0.4 is 10.7 Å². The van der Waals surface area contributed by atoms with Gasteiger partial charge in [0, 0.05) is 11.8 Å². The molecule has 1 aromatic rings. The predicted octanol–water partition coefficient (Wildman–Crippen LogP) is 1.96. The van der Waals surface area contributed by atoms with Gasteiger partial charge in [-0.05, 0) is 31.5 Å². The van der Waals surface area contributed by atoms with E-state index in [0.29, 0.717) is 0 Å². The van der Waals surface area contributed by atoms with Crippen LogP contribution in [0.1, 0.15) is 19.4 Å². The standard InChI is InChI=1S/C16H20N2/c1-3-18-12-6-4-5-7-14(2)13-15-8-10-16(17)11-9-15/h4-13H,3,17H2,1-2H3/p+1/b6-4-,7-5+,14-13+,18-12?. The summed E-state index contributed by atoms with van der Waals surface area (Å²) >= 11 is 0. The Kier molecular flexibility index (Phi) is 6.26. The molecule has 18 heavy (non-hydrogen) atoms. The van der Waals surface area contributed by atoms with Crippen LogP contribution in [0.2, 0.25) is 0 Å². The van der Waals surface area contributed by atoms with E-state index in [9.17, 15) is 0 Å². The molecule has 0 amide bonds. The van der Waals surface area contributed by atoms with Crippen molar-refractivity contribution in [3.8, 4) is 0 Å². The lowest BCUT2D eigenvalue weighted by Crippen LogP contribution is -2.67. The van der Waals surface area contributed by atoms with Crippen LogP contribution in [0.3, 0.4) is 0 Å². The van der Waals surface area contributed by atoms with E-state index in [1.807, 2.05) is 48.7 Å². The Hall–Kier alpha value is -2.09. The van der Waals surface area contributed by atoms with Gasteiger partial charge in [0.15, 0.2) is 6.21 Å². The molecular formula is C16H21N2+. The molecule has 0 saturated carbocycles. The van der Waals surface area contributed by atoms with E-state index >= 15 is 0 Å². The highest BCUT2D eigenvalue weighted by molar-refractivity contribution is 5.66. The average molecular weight is 241 g/mol. The zero-order chi connectivity index (χ0) is 13.2. The molecule has 1 rings (SSSR count). The molecule has 0 aliphatic heterocycles. The molecule has 0 unspecified atom stereocenters. The van der Waals surface area contributed by atoms with Gasteiger partial charge >= 0.3 is 0 Å². The molecule has 3 N–H and O–H groups in total. The molecule has 1 aromatic carbocycles. The molecule has 0 radical (unpaired) electrons. The minimum atomic E-state index is 0.794. The van der Waals surface area contributed by atoms with Gasteiger partial charge in [-0.15, -0.1) is 0 Å². The van der Waals surface area contributed by atoms with Crippen LogP contribution in [-0.2, 0) is 0 Å². The normalized spacial score (nSPS) is 13.1. The quantitative estimate of drug-likeness (QED) is 0.462. The summed E-state index contributed by atoms with van der Waals surface area (Å²) in [4.78, 5) is 3.11. The lowest BCUT2D eigenvalue weighted by molar-refractivity contribution is -0.446. The van der Waals surface area contributed by atoms with E-state index in [0.717, 1.165) is 17.8 Å². The molecule has 0 atom stereocenters. The summed E-state index contributed by atoms with van der Waals surface area (Å²) < 4.78 is 0. The van der Waals surface area contributed by atoms with Crippen molar-refractivity contribution in [3.63, 3.8) is 0 Å². The number of nitrogen functional groups attached to an aromatic ring is 1. The van der Waals surface area contributed by atoms with Gasteiger partial charge in [-0.25, -0.2) is 4.99 Å². The number of rotatable bonds is 5. The first kappa shape index (κ1) is 14.0. The number of nitrogens with one attached hydrogen (secondary N) is 1. The Morgan fingerprint density at radius 2 is 1.89 bits per heavy atom. The Bertz CT molecular complexity index is 462. The maximum Gasteiger partial charge on any atom is 0.161 e. The van der Waals surface area contributed by atoms with Crippen LogP contribution in [-0.4, -0.2) is 12.8 Å². The van der Waals surface area contributed by atoms with E-state index in [2.05, 4.69) is 31.0 Å². The van der Waals surface area contributed by atoms with Gasteiger partial charge in [-0.2, -0.15) is 0 Å². The monoisotopic (exact) mass is 241 g/mol. The Labute approximate surface area is 109 Å². The minimum Gasteiger partial charge on any atom is -0.399 e. The van der Waals surface area contributed by atoms with Crippen molar-refractivity contribution < 1.29 is 4.99 Å². The molecule has 0 bridgehead atoms. The Balaban J connectivity index is 2.56. The molecular weight excluding hydrogens is 220 g/mol. The van der Waals surface area contributed by atoms with Crippen molar-refractivity contribution in [2.75, 3.05) is 12.3 Å². The van der Waals surface area contributed by atoms with E-state index < -0.39 is 0 Å². The first-order valence-corrected chi connectivity index (χ1v) is 6.16. The van der Waals surface area contributed by atoms with Gasteiger partial charge in [0.1, 0.15) is 6.54 Å². The highest BCUT2D eigenvalue weighted by Crippen LogP contribution is 2.10. The predicted molar refractivity (Wildman–Crippen MR) is 80.4 cm³/mol. The third-order valence-electron chi connectivity index (χ3n) is 2.33. The number of allylic oxidation sites excluding steroid dienone is 5. The van der Waals surface area contributed by atoms with Crippen LogP contribution in [0.25, 0.3) is 6.08 Å². The largest absolute Gasteiger partial charge is 0.399 e. The smallest absolute Gasteiger partial charge is 0.161 e. The summed E-state index contributed by atoms with van der Waals surface area (Å²) in [6, 6.07) is 7.85. The first-order valence-electron chi connectivity index (χ1n) is 6.16. The SMILES string of the molecule is CC[NH+]=C\C=C/C=C/C(C)=C/c1ccc(N)cc1. The molecule has 94 valence electrons.